The van der Waals surface area contributed by atoms with Gasteiger partial charge in [0.2, 0.25) is 5.91 Å². The first-order valence-electron chi connectivity index (χ1n) is 10.6. The van der Waals surface area contributed by atoms with Gasteiger partial charge in [-0.3, -0.25) is 4.79 Å². The van der Waals surface area contributed by atoms with Crippen LogP contribution in [0.2, 0.25) is 0 Å². The van der Waals surface area contributed by atoms with Crippen molar-refractivity contribution >= 4 is 34.1 Å². The molecule has 2 heterocycles. The van der Waals surface area contributed by atoms with E-state index in [1.54, 1.807) is 0 Å². The van der Waals surface area contributed by atoms with Crippen LogP contribution < -0.4 is 10.1 Å². The van der Waals surface area contributed by atoms with Gasteiger partial charge in [0.05, 0.1) is 11.4 Å². The van der Waals surface area contributed by atoms with Crippen molar-refractivity contribution in [3.63, 3.8) is 0 Å². The van der Waals surface area contributed by atoms with Crippen molar-refractivity contribution in [1.29, 1.82) is 0 Å². The lowest BCUT2D eigenvalue weighted by molar-refractivity contribution is -0.113. The second kappa shape index (κ2) is 10.6. The molecule has 0 radical (unpaired) electrons. The van der Waals surface area contributed by atoms with E-state index >= 15 is 0 Å². The Morgan fingerprint density at radius 2 is 1.97 bits per heavy atom. The Hall–Kier alpha value is -3.17. The first-order chi connectivity index (χ1) is 16.0. The summed E-state index contributed by atoms with van der Waals surface area (Å²) in [6, 6.07) is 16.0. The van der Waals surface area contributed by atoms with Gasteiger partial charge in [-0.25, -0.2) is 4.98 Å². The van der Waals surface area contributed by atoms with Gasteiger partial charge in [-0.15, -0.1) is 21.5 Å². The van der Waals surface area contributed by atoms with Gasteiger partial charge >= 0.3 is 0 Å². The Bertz CT molecular complexity index is 1240. The quantitative estimate of drug-likeness (QED) is 0.326. The summed E-state index contributed by atoms with van der Waals surface area (Å²) in [4.78, 5) is 17.0. The molecule has 1 N–H and O–H groups in total. The van der Waals surface area contributed by atoms with Crippen molar-refractivity contribution in [2.24, 2.45) is 0 Å². The van der Waals surface area contributed by atoms with E-state index in [1.165, 1.54) is 28.7 Å². The molecule has 0 bridgehead atoms. The number of ether oxygens (including phenoxy) is 1. The third-order valence-electron chi connectivity index (χ3n) is 4.95. The van der Waals surface area contributed by atoms with Crippen LogP contribution in [0.3, 0.4) is 0 Å². The van der Waals surface area contributed by atoms with Gasteiger partial charge in [0, 0.05) is 17.5 Å². The molecule has 4 rings (SSSR count). The number of aromatic nitrogens is 4. The van der Waals surface area contributed by atoms with Crippen molar-refractivity contribution in [1.82, 2.24) is 19.7 Å². The van der Waals surface area contributed by atoms with Crippen molar-refractivity contribution in [3.8, 4) is 17.0 Å². The molecule has 0 saturated heterocycles. The molecular weight excluding hydrogens is 454 g/mol. The number of carbonyl (C=O) groups excluding carboxylic acids is 1. The number of anilines is 1. The van der Waals surface area contributed by atoms with Crippen LogP contribution >= 0.6 is 23.1 Å². The van der Waals surface area contributed by atoms with Gasteiger partial charge < -0.3 is 14.6 Å². The zero-order valence-electron chi connectivity index (χ0n) is 18.7. The van der Waals surface area contributed by atoms with Crippen LogP contribution in [-0.4, -0.2) is 31.4 Å². The molecule has 0 atom stereocenters. The maximum absolute atomic E-state index is 12.5. The topological polar surface area (TPSA) is 81.9 Å². The van der Waals surface area contributed by atoms with Gasteiger partial charge in [-0.2, -0.15) is 0 Å². The molecule has 2 aromatic carbocycles. The summed E-state index contributed by atoms with van der Waals surface area (Å²) in [5.74, 6) is 1.65. The van der Waals surface area contributed by atoms with Gasteiger partial charge in [0.1, 0.15) is 12.4 Å². The van der Waals surface area contributed by atoms with Gasteiger partial charge in [0.25, 0.3) is 0 Å². The van der Waals surface area contributed by atoms with Crippen LogP contribution in [0.25, 0.3) is 11.3 Å². The van der Waals surface area contributed by atoms with Crippen LogP contribution in [0.1, 0.15) is 23.9 Å². The molecule has 0 aliphatic carbocycles. The summed E-state index contributed by atoms with van der Waals surface area (Å²) < 4.78 is 7.93. The van der Waals surface area contributed by atoms with E-state index in [2.05, 4.69) is 33.5 Å². The fourth-order valence-corrected chi connectivity index (χ4v) is 4.87. The first kappa shape index (κ1) is 23.0. The third-order valence-corrected chi connectivity index (χ3v) is 6.67. The number of nitrogens with one attached hydrogen (secondary N) is 1. The molecule has 0 aliphatic rings. The molecule has 1 amide bonds. The van der Waals surface area contributed by atoms with E-state index in [4.69, 9.17) is 4.74 Å². The fourth-order valence-electron chi connectivity index (χ4n) is 3.31. The largest absolute Gasteiger partial charge is 0.485 e. The molecule has 9 heteroatoms. The van der Waals surface area contributed by atoms with Crippen LogP contribution in [0.15, 0.2) is 59.1 Å². The third kappa shape index (κ3) is 5.80. The van der Waals surface area contributed by atoms with Gasteiger partial charge in [-0.05, 0) is 32.4 Å². The minimum absolute atomic E-state index is 0.132. The van der Waals surface area contributed by atoms with E-state index < -0.39 is 0 Å². The van der Waals surface area contributed by atoms with E-state index in [9.17, 15) is 4.79 Å². The molecule has 7 nitrogen and oxygen atoms in total. The van der Waals surface area contributed by atoms with E-state index in [-0.39, 0.29) is 11.7 Å². The van der Waals surface area contributed by atoms with Crippen molar-refractivity contribution in [2.45, 2.75) is 39.1 Å². The van der Waals surface area contributed by atoms with Gasteiger partial charge in [-0.1, -0.05) is 59.8 Å². The number of nitrogens with zero attached hydrogens (tertiary/aromatic N) is 4. The number of thioether (sulfide) groups is 1. The smallest absolute Gasteiger partial charge is 0.236 e. The van der Waals surface area contributed by atoms with Crippen LogP contribution in [0, 0.1) is 13.8 Å². The lowest BCUT2D eigenvalue weighted by atomic mass is 10.1. The maximum atomic E-state index is 12.5. The molecule has 0 unspecified atom stereocenters. The van der Waals surface area contributed by atoms with E-state index in [0.29, 0.717) is 23.4 Å². The number of aryl methyl sites for hydroxylation is 2. The summed E-state index contributed by atoms with van der Waals surface area (Å²) in [6.45, 7) is 7.11. The SMILES string of the molecule is CCn1c(COc2ccc(C)cc2C)nnc1SCC(=O)Nc1nc(-c2ccccc2)cs1. The lowest BCUT2D eigenvalue weighted by Crippen LogP contribution is -2.14. The normalized spacial score (nSPS) is 10.9. The Labute approximate surface area is 201 Å². The molecular formula is C24H25N5O2S2. The standard InChI is InChI=1S/C24H25N5O2S2/c1-4-29-21(13-31-20-11-10-16(2)12-17(20)3)27-28-24(29)33-15-22(30)26-23-25-19(14-32-23)18-8-6-5-7-9-18/h5-12,14H,4,13,15H2,1-3H3,(H,25,26,30). The maximum Gasteiger partial charge on any atom is 0.236 e. The number of rotatable bonds is 9. The average molecular weight is 480 g/mol. The molecule has 0 aliphatic heterocycles. The number of benzene rings is 2. The van der Waals surface area contributed by atoms with Gasteiger partial charge in [0.15, 0.2) is 16.1 Å². The molecule has 170 valence electrons. The number of amides is 1. The summed E-state index contributed by atoms with van der Waals surface area (Å²) in [7, 11) is 0. The number of carbonyl (C=O) groups is 1. The Morgan fingerprint density at radius 3 is 2.73 bits per heavy atom. The Balaban J connectivity index is 1.33. The predicted molar refractivity (Wildman–Crippen MR) is 133 cm³/mol. The fraction of sp³-hybridized carbons (Fsp3) is 0.250. The second-order valence-corrected chi connectivity index (χ2v) is 9.24. The lowest BCUT2D eigenvalue weighted by Gasteiger charge is -2.11. The summed E-state index contributed by atoms with van der Waals surface area (Å²) in [5, 5.41) is 14.6. The van der Waals surface area contributed by atoms with Crippen molar-refractivity contribution in [3.05, 3.63) is 70.9 Å². The number of hydrogen-bond acceptors (Lipinski definition) is 7. The molecule has 0 fully saturated rings. The zero-order valence-corrected chi connectivity index (χ0v) is 20.4. The monoisotopic (exact) mass is 479 g/mol. The summed E-state index contributed by atoms with van der Waals surface area (Å²) in [5.41, 5.74) is 4.15. The average Bonchev–Trinajstić information content (AvgIpc) is 3.44. The molecule has 2 aromatic heterocycles. The Kier molecular flexibility index (Phi) is 7.41. The molecule has 0 saturated carbocycles. The van der Waals surface area contributed by atoms with E-state index in [1.807, 2.05) is 66.3 Å². The number of hydrogen-bond donors (Lipinski definition) is 1. The minimum atomic E-state index is -0.132. The highest BCUT2D eigenvalue weighted by Crippen LogP contribution is 2.25. The van der Waals surface area contributed by atoms with Crippen LogP contribution in [0.4, 0.5) is 5.13 Å². The number of thiazole rings is 1. The highest BCUT2D eigenvalue weighted by Gasteiger charge is 2.15. The van der Waals surface area contributed by atoms with Crippen LogP contribution in [-0.2, 0) is 17.9 Å². The highest BCUT2D eigenvalue weighted by atomic mass is 32.2. The molecule has 4 aromatic rings. The second-order valence-electron chi connectivity index (χ2n) is 7.44. The van der Waals surface area contributed by atoms with Crippen LogP contribution in [0.5, 0.6) is 5.75 Å². The predicted octanol–water partition coefficient (Wildman–Crippen LogP) is 5.35. The van der Waals surface area contributed by atoms with Crippen molar-refractivity contribution < 1.29 is 9.53 Å². The Morgan fingerprint density at radius 1 is 1.15 bits per heavy atom. The minimum Gasteiger partial charge on any atom is -0.485 e. The molecule has 0 spiro atoms. The first-order valence-corrected chi connectivity index (χ1v) is 12.5. The molecule has 33 heavy (non-hydrogen) atoms. The van der Waals surface area contributed by atoms with Crippen molar-refractivity contribution in [2.75, 3.05) is 11.1 Å². The van der Waals surface area contributed by atoms with E-state index in [0.717, 1.165) is 28.4 Å². The zero-order chi connectivity index (χ0) is 23.2. The highest BCUT2D eigenvalue weighted by molar-refractivity contribution is 7.99. The summed E-state index contributed by atoms with van der Waals surface area (Å²) >= 11 is 2.76. The summed E-state index contributed by atoms with van der Waals surface area (Å²) in [6.07, 6.45) is 0.